The van der Waals surface area contributed by atoms with Gasteiger partial charge in [0, 0.05) is 16.9 Å². The molecule has 3 rings (SSSR count). The molecule has 1 aliphatic rings. The number of anilines is 1. The van der Waals surface area contributed by atoms with Gasteiger partial charge in [0.05, 0.1) is 37.5 Å². The average molecular weight is 437 g/mol. The Morgan fingerprint density at radius 1 is 1.03 bits per heavy atom. The zero-order valence-electron chi connectivity index (χ0n) is 18.2. The summed E-state index contributed by atoms with van der Waals surface area (Å²) in [5.74, 6) is -1.54. The fourth-order valence-electron chi connectivity index (χ4n) is 3.44. The maximum Gasteiger partial charge on any atom is 0.340 e. The molecule has 0 fully saturated rings. The fourth-order valence-corrected chi connectivity index (χ4v) is 3.44. The minimum absolute atomic E-state index is 0.0651. The molecule has 0 saturated heterocycles. The number of carbonyl (C=O) groups excluding carboxylic acids is 3. The monoisotopic (exact) mass is 437 g/mol. The van der Waals surface area contributed by atoms with Gasteiger partial charge in [-0.05, 0) is 50.3 Å². The third-order valence-corrected chi connectivity index (χ3v) is 4.97. The van der Waals surface area contributed by atoms with Crippen molar-refractivity contribution in [2.75, 3.05) is 25.7 Å². The Hall–Kier alpha value is -4.07. The van der Waals surface area contributed by atoms with Crippen LogP contribution in [0.2, 0.25) is 0 Å². The van der Waals surface area contributed by atoms with Crippen LogP contribution in [0.1, 0.15) is 29.8 Å². The van der Waals surface area contributed by atoms with Crippen molar-refractivity contribution in [3.05, 3.63) is 70.4 Å². The molecule has 32 heavy (non-hydrogen) atoms. The number of ether oxygens (including phenoxy) is 3. The number of aromatic hydroxyl groups is 1. The number of allylic oxidation sites excluding steroid dienone is 1. The molecule has 2 aromatic carbocycles. The molecule has 166 valence electrons. The number of hydrogen-bond donors (Lipinski definition) is 1. The third kappa shape index (κ3) is 4.07. The molecular formula is C24H23NO7. The largest absolute Gasteiger partial charge is 0.504 e. The number of nitrogens with zero attached hydrogens (tertiary/aromatic N) is 1. The van der Waals surface area contributed by atoms with Crippen LogP contribution >= 0.6 is 0 Å². The van der Waals surface area contributed by atoms with E-state index in [1.54, 1.807) is 44.2 Å². The van der Waals surface area contributed by atoms with E-state index in [2.05, 4.69) is 0 Å². The Kier molecular flexibility index (Phi) is 6.63. The molecule has 1 N–H and O–H groups in total. The van der Waals surface area contributed by atoms with Crippen LogP contribution in [0, 0.1) is 0 Å². The third-order valence-electron chi connectivity index (χ3n) is 4.97. The molecule has 8 nitrogen and oxygen atoms in total. The van der Waals surface area contributed by atoms with Gasteiger partial charge in [-0.3, -0.25) is 9.69 Å². The second-order valence-corrected chi connectivity index (χ2v) is 6.82. The lowest BCUT2D eigenvalue weighted by atomic mass is 10.0. The van der Waals surface area contributed by atoms with Crippen molar-refractivity contribution < 1.29 is 33.7 Å². The van der Waals surface area contributed by atoms with Crippen molar-refractivity contribution in [1.82, 2.24) is 0 Å². The lowest BCUT2D eigenvalue weighted by molar-refractivity contribution is -0.136. The standard InChI is InChI=1S/C24H23NO7/c1-5-32-19-8-6-7-16(21(19)26)13-18-20(24(29)31-4)14(2)25(22(18)27)17-11-9-15(10-12-17)23(28)30-3/h6-13,26H,5H2,1-4H3/b18-13-. The van der Waals surface area contributed by atoms with Crippen LogP contribution in [-0.2, 0) is 19.1 Å². The molecular weight excluding hydrogens is 414 g/mol. The van der Waals surface area contributed by atoms with Crippen molar-refractivity contribution in [1.29, 1.82) is 0 Å². The van der Waals surface area contributed by atoms with Gasteiger partial charge in [0.1, 0.15) is 0 Å². The van der Waals surface area contributed by atoms with E-state index >= 15 is 0 Å². The predicted molar refractivity (Wildman–Crippen MR) is 117 cm³/mol. The maximum absolute atomic E-state index is 13.4. The van der Waals surface area contributed by atoms with Crippen LogP contribution < -0.4 is 9.64 Å². The van der Waals surface area contributed by atoms with Gasteiger partial charge < -0.3 is 19.3 Å². The highest BCUT2D eigenvalue weighted by Crippen LogP contribution is 2.38. The number of phenols is 1. The molecule has 0 spiro atoms. The van der Waals surface area contributed by atoms with Gasteiger partial charge in [0.2, 0.25) is 0 Å². The van der Waals surface area contributed by atoms with Gasteiger partial charge >= 0.3 is 11.9 Å². The number of hydrogen-bond acceptors (Lipinski definition) is 7. The number of amides is 1. The van der Waals surface area contributed by atoms with E-state index in [0.717, 1.165) is 0 Å². The summed E-state index contributed by atoms with van der Waals surface area (Å²) in [5.41, 5.74) is 1.60. The molecule has 0 saturated carbocycles. The van der Waals surface area contributed by atoms with E-state index in [9.17, 15) is 19.5 Å². The maximum atomic E-state index is 13.4. The van der Waals surface area contributed by atoms with E-state index in [1.165, 1.54) is 37.3 Å². The van der Waals surface area contributed by atoms with Gasteiger partial charge in [-0.25, -0.2) is 9.59 Å². The van der Waals surface area contributed by atoms with Gasteiger partial charge in [0.15, 0.2) is 11.5 Å². The second kappa shape index (κ2) is 9.38. The minimum atomic E-state index is -0.684. The first-order chi connectivity index (χ1) is 15.3. The van der Waals surface area contributed by atoms with Gasteiger partial charge in [0.25, 0.3) is 5.91 Å². The first kappa shape index (κ1) is 22.6. The van der Waals surface area contributed by atoms with Crippen LogP contribution in [0.3, 0.4) is 0 Å². The number of methoxy groups -OCH3 is 2. The molecule has 0 unspecified atom stereocenters. The van der Waals surface area contributed by atoms with Crippen LogP contribution in [0.15, 0.2) is 59.3 Å². The van der Waals surface area contributed by atoms with Crippen molar-refractivity contribution in [3.8, 4) is 11.5 Å². The molecule has 0 aliphatic carbocycles. The Morgan fingerprint density at radius 3 is 2.28 bits per heavy atom. The smallest absolute Gasteiger partial charge is 0.340 e. The predicted octanol–water partition coefficient (Wildman–Crippen LogP) is 3.45. The fraction of sp³-hybridized carbons (Fsp3) is 0.208. The van der Waals surface area contributed by atoms with E-state index in [4.69, 9.17) is 14.2 Å². The lowest BCUT2D eigenvalue weighted by Gasteiger charge is -2.18. The van der Waals surface area contributed by atoms with Gasteiger partial charge in [-0.2, -0.15) is 0 Å². The Morgan fingerprint density at radius 2 is 1.69 bits per heavy atom. The number of para-hydroxylation sites is 1. The molecule has 1 heterocycles. The van der Waals surface area contributed by atoms with E-state index in [1.807, 2.05) is 0 Å². The normalized spacial score (nSPS) is 14.7. The van der Waals surface area contributed by atoms with E-state index < -0.39 is 17.8 Å². The highest BCUT2D eigenvalue weighted by molar-refractivity contribution is 6.24. The summed E-state index contributed by atoms with van der Waals surface area (Å²) in [7, 11) is 2.51. The molecule has 2 aromatic rings. The van der Waals surface area contributed by atoms with E-state index in [-0.39, 0.29) is 22.6 Å². The zero-order chi connectivity index (χ0) is 23.4. The molecule has 0 aromatic heterocycles. The molecule has 0 atom stereocenters. The van der Waals surface area contributed by atoms with E-state index in [0.29, 0.717) is 29.1 Å². The number of rotatable bonds is 6. The second-order valence-electron chi connectivity index (χ2n) is 6.82. The molecule has 0 radical (unpaired) electrons. The van der Waals surface area contributed by atoms with Crippen molar-refractivity contribution in [2.45, 2.75) is 13.8 Å². The highest BCUT2D eigenvalue weighted by Gasteiger charge is 2.38. The number of carbonyl (C=O) groups is 3. The highest BCUT2D eigenvalue weighted by atomic mass is 16.5. The molecule has 0 bridgehead atoms. The minimum Gasteiger partial charge on any atom is -0.504 e. The summed E-state index contributed by atoms with van der Waals surface area (Å²) in [5, 5.41) is 10.5. The summed E-state index contributed by atoms with van der Waals surface area (Å²) >= 11 is 0. The Balaban J connectivity index is 2.10. The van der Waals surface area contributed by atoms with Gasteiger partial charge in [-0.1, -0.05) is 12.1 Å². The summed E-state index contributed by atoms with van der Waals surface area (Å²) < 4.78 is 15.0. The SMILES string of the molecule is CCOc1cccc(/C=C2\C(=O)N(c3ccc(C(=O)OC)cc3)C(C)=C2C(=O)OC)c1O. The van der Waals surface area contributed by atoms with Crippen molar-refractivity contribution in [3.63, 3.8) is 0 Å². The number of esters is 2. The Bertz CT molecular complexity index is 1130. The number of phenolic OH excluding ortho intramolecular Hbond substituents is 1. The lowest BCUT2D eigenvalue weighted by Crippen LogP contribution is -2.24. The molecule has 1 aliphatic heterocycles. The number of benzene rings is 2. The summed E-state index contributed by atoms with van der Waals surface area (Å²) in [6, 6.07) is 11.1. The molecule has 8 heteroatoms. The van der Waals surface area contributed by atoms with Crippen LogP contribution in [-0.4, -0.2) is 43.8 Å². The van der Waals surface area contributed by atoms with Crippen molar-refractivity contribution >= 4 is 29.6 Å². The summed E-state index contributed by atoms with van der Waals surface area (Å²) in [6.07, 6.45) is 1.43. The first-order valence-corrected chi connectivity index (χ1v) is 9.82. The summed E-state index contributed by atoms with van der Waals surface area (Å²) in [4.78, 5) is 38.9. The first-order valence-electron chi connectivity index (χ1n) is 9.82. The quantitative estimate of drug-likeness (QED) is 0.545. The average Bonchev–Trinajstić information content (AvgIpc) is 3.04. The van der Waals surface area contributed by atoms with Crippen molar-refractivity contribution in [2.24, 2.45) is 0 Å². The molecule has 1 amide bonds. The van der Waals surface area contributed by atoms with Crippen LogP contribution in [0.25, 0.3) is 6.08 Å². The van der Waals surface area contributed by atoms with Gasteiger partial charge in [-0.15, -0.1) is 0 Å². The zero-order valence-corrected chi connectivity index (χ0v) is 18.2. The van der Waals surface area contributed by atoms with Crippen LogP contribution in [0.4, 0.5) is 5.69 Å². The summed E-state index contributed by atoms with van der Waals surface area (Å²) in [6.45, 7) is 3.76. The van der Waals surface area contributed by atoms with Crippen LogP contribution in [0.5, 0.6) is 11.5 Å². The Labute approximate surface area is 185 Å². The topological polar surface area (TPSA) is 102 Å².